The molecule has 2 aliphatic heterocycles. The molecular weight excluding hydrogens is 264 g/mol. The van der Waals surface area contributed by atoms with E-state index in [1.165, 1.54) is 25.7 Å². The fourth-order valence-electron chi connectivity index (χ4n) is 4.00. The second kappa shape index (κ2) is 7.59. The van der Waals surface area contributed by atoms with E-state index in [4.69, 9.17) is 4.74 Å². The molecule has 2 saturated heterocycles. The number of carbonyl (C=O) groups excluding carboxylic acids is 1. The molecule has 4 nitrogen and oxygen atoms in total. The molecule has 2 rings (SSSR count). The van der Waals surface area contributed by atoms with E-state index in [0.29, 0.717) is 19.1 Å². The Morgan fingerprint density at radius 3 is 2.43 bits per heavy atom. The van der Waals surface area contributed by atoms with Crippen molar-refractivity contribution in [1.29, 1.82) is 0 Å². The van der Waals surface area contributed by atoms with Gasteiger partial charge in [0.2, 0.25) is 0 Å². The van der Waals surface area contributed by atoms with Crippen molar-refractivity contribution in [3.8, 4) is 0 Å². The summed E-state index contributed by atoms with van der Waals surface area (Å²) in [4.78, 5) is 17.2. The molecule has 21 heavy (non-hydrogen) atoms. The molecule has 0 radical (unpaired) electrons. The van der Waals surface area contributed by atoms with E-state index < -0.39 is 0 Å². The number of carbonyl (C=O) groups is 1. The van der Waals surface area contributed by atoms with E-state index in [0.717, 1.165) is 32.5 Å². The molecule has 0 aromatic carbocycles. The number of nitrogens with zero attached hydrogens (tertiary/aromatic N) is 2. The number of hydrogen-bond donors (Lipinski definition) is 0. The topological polar surface area (TPSA) is 32.8 Å². The lowest BCUT2D eigenvalue weighted by atomic mass is 9.79. The van der Waals surface area contributed by atoms with Crippen molar-refractivity contribution in [3.63, 3.8) is 0 Å². The van der Waals surface area contributed by atoms with Crippen molar-refractivity contribution in [2.45, 2.75) is 70.4 Å². The van der Waals surface area contributed by atoms with Crippen LogP contribution in [0.15, 0.2) is 0 Å². The molecule has 0 bridgehead atoms. The molecule has 122 valence electrons. The maximum atomic E-state index is 12.2. The molecule has 0 aliphatic carbocycles. The van der Waals surface area contributed by atoms with Gasteiger partial charge < -0.3 is 9.64 Å². The van der Waals surface area contributed by atoms with Crippen molar-refractivity contribution in [3.05, 3.63) is 0 Å². The highest BCUT2D eigenvalue weighted by atomic mass is 16.5. The Balaban J connectivity index is 2.14. The average molecular weight is 296 g/mol. The predicted octanol–water partition coefficient (Wildman–Crippen LogP) is 2.67. The summed E-state index contributed by atoms with van der Waals surface area (Å²) in [6.07, 6.45) is 7.96. The molecular formula is C17H32N2O2. The number of likely N-dealkylation sites (tertiary alicyclic amines) is 2. The first-order valence-corrected chi connectivity index (χ1v) is 8.68. The quantitative estimate of drug-likeness (QED) is 0.747. The van der Waals surface area contributed by atoms with Crippen LogP contribution in [0.25, 0.3) is 0 Å². The van der Waals surface area contributed by atoms with Gasteiger partial charge in [0.05, 0.1) is 13.0 Å². The molecule has 0 aromatic heterocycles. The Morgan fingerprint density at radius 2 is 1.86 bits per heavy atom. The summed E-state index contributed by atoms with van der Waals surface area (Å²) in [5, 5.41) is 0. The molecule has 0 aromatic rings. The smallest absolute Gasteiger partial charge is 0.307 e. The van der Waals surface area contributed by atoms with Crippen LogP contribution in [0.3, 0.4) is 0 Å². The Bertz CT molecular complexity index is 340. The molecule has 0 spiro atoms. The van der Waals surface area contributed by atoms with E-state index in [2.05, 4.69) is 23.8 Å². The van der Waals surface area contributed by atoms with Gasteiger partial charge in [-0.25, -0.2) is 0 Å². The molecule has 0 saturated carbocycles. The third-order valence-corrected chi connectivity index (χ3v) is 5.41. The standard InChI is InChI=1S/C17H32N2O2/c1-4-21-16(20)14-17(9-12-18(3)15(2)13-17)19-10-7-5-6-8-11-19/h15H,4-14H2,1-3H3. The summed E-state index contributed by atoms with van der Waals surface area (Å²) in [5.41, 5.74) is 0.0303. The van der Waals surface area contributed by atoms with Crippen LogP contribution in [0.2, 0.25) is 0 Å². The number of esters is 1. The molecule has 0 N–H and O–H groups in total. The van der Waals surface area contributed by atoms with Crippen LogP contribution in [0.5, 0.6) is 0 Å². The second-order valence-electron chi connectivity index (χ2n) is 6.89. The van der Waals surface area contributed by atoms with Gasteiger partial charge in [0.25, 0.3) is 0 Å². The van der Waals surface area contributed by atoms with E-state index in [9.17, 15) is 4.79 Å². The van der Waals surface area contributed by atoms with Crippen LogP contribution in [-0.2, 0) is 9.53 Å². The summed E-state index contributed by atoms with van der Waals surface area (Å²) in [6, 6.07) is 0.538. The summed E-state index contributed by atoms with van der Waals surface area (Å²) >= 11 is 0. The summed E-state index contributed by atoms with van der Waals surface area (Å²) < 4.78 is 5.27. The van der Waals surface area contributed by atoms with Crippen molar-refractivity contribution < 1.29 is 9.53 Å². The Hall–Kier alpha value is -0.610. The van der Waals surface area contributed by atoms with Crippen LogP contribution in [-0.4, -0.2) is 60.6 Å². The monoisotopic (exact) mass is 296 g/mol. The summed E-state index contributed by atoms with van der Waals surface area (Å²) in [5.74, 6) is -0.0153. The van der Waals surface area contributed by atoms with Crippen LogP contribution in [0.4, 0.5) is 0 Å². The fraction of sp³-hybridized carbons (Fsp3) is 0.941. The lowest BCUT2D eigenvalue weighted by Gasteiger charge is -2.50. The SMILES string of the molecule is CCOC(=O)CC1(N2CCCCCC2)CCN(C)C(C)C1. The van der Waals surface area contributed by atoms with Crippen LogP contribution in [0, 0.1) is 0 Å². The zero-order valence-corrected chi connectivity index (χ0v) is 14.1. The van der Waals surface area contributed by atoms with E-state index in [1.54, 1.807) is 0 Å². The highest BCUT2D eigenvalue weighted by Crippen LogP contribution is 2.36. The number of ether oxygens (including phenoxy) is 1. The van der Waals surface area contributed by atoms with Gasteiger partial charge in [-0.05, 0) is 66.2 Å². The first-order chi connectivity index (χ1) is 10.1. The highest BCUT2D eigenvalue weighted by molar-refractivity contribution is 5.71. The minimum atomic E-state index is -0.0153. The minimum absolute atomic E-state index is 0.0153. The van der Waals surface area contributed by atoms with Gasteiger partial charge in [-0.3, -0.25) is 9.69 Å². The Kier molecular flexibility index (Phi) is 6.06. The zero-order valence-electron chi connectivity index (χ0n) is 14.1. The minimum Gasteiger partial charge on any atom is -0.466 e. The molecule has 2 atom stereocenters. The average Bonchev–Trinajstić information content (AvgIpc) is 2.73. The van der Waals surface area contributed by atoms with Crippen molar-refractivity contribution in [2.75, 3.05) is 33.3 Å². The van der Waals surface area contributed by atoms with Gasteiger partial charge >= 0.3 is 5.97 Å². The molecule has 2 heterocycles. The van der Waals surface area contributed by atoms with Crippen molar-refractivity contribution in [2.24, 2.45) is 0 Å². The Morgan fingerprint density at radius 1 is 1.19 bits per heavy atom. The van der Waals surface area contributed by atoms with Crippen LogP contribution < -0.4 is 0 Å². The van der Waals surface area contributed by atoms with Gasteiger partial charge in [0.15, 0.2) is 0 Å². The van der Waals surface area contributed by atoms with Gasteiger partial charge in [-0.2, -0.15) is 0 Å². The molecule has 0 amide bonds. The van der Waals surface area contributed by atoms with E-state index in [-0.39, 0.29) is 11.5 Å². The number of hydrogen-bond acceptors (Lipinski definition) is 4. The second-order valence-corrected chi connectivity index (χ2v) is 6.89. The summed E-state index contributed by atoms with van der Waals surface area (Å²) in [7, 11) is 2.20. The zero-order chi connectivity index (χ0) is 15.3. The van der Waals surface area contributed by atoms with Crippen molar-refractivity contribution >= 4 is 5.97 Å². The normalized spacial score (nSPS) is 32.6. The highest BCUT2D eigenvalue weighted by Gasteiger charge is 2.43. The van der Waals surface area contributed by atoms with Crippen LogP contribution in [0.1, 0.15) is 58.8 Å². The lowest BCUT2D eigenvalue weighted by Crippen LogP contribution is -2.58. The lowest BCUT2D eigenvalue weighted by molar-refractivity contribution is -0.148. The van der Waals surface area contributed by atoms with Crippen LogP contribution >= 0.6 is 0 Å². The van der Waals surface area contributed by atoms with Gasteiger partial charge in [-0.15, -0.1) is 0 Å². The predicted molar refractivity (Wildman–Crippen MR) is 85.3 cm³/mol. The van der Waals surface area contributed by atoms with E-state index >= 15 is 0 Å². The number of piperidine rings is 1. The third-order valence-electron chi connectivity index (χ3n) is 5.41. The first-order valence-electron chi connectivity index (χ1n) is 8.68. The molecule has 2 fully saturated rings. The largest absolute Gasteiger partial charge is 0.466 e. The van der Waals surface area contributed by atoms with Crippen molar-refractivity contribution in [1.82, 2.24) is 9.80 Å². The summed E-state index contributed by atoms with van der Waals surface area (Å²) in [6.45, 7) is 8.05. The van der Waals surface area contributed by atoms with Gasteiger partial charge in [0.1, 0.15) is 0 Å². The maximum Gasteiger partial charge on any atom is 0.307 e. The number of rotatable bonds is 4. The van der Waals surface area contributed by atoms with Gasteiger partial charge in [0, 0.05) is 11.6 Å². The van der Waals surface area contributed by atoms with Gasteiger partial charge in [-0.1, -0.05) is 12.8 Å². The first kappa shape index (κ1) is 16.8. The molecule has 2 unspecified atom stereocenters. The molecule has 2 aliphatic rings. The third kappa shape index (κ3) is 4.19. The van der Waals surface area contributed by atoms with E-state index in [1.807, 2.05) is 6.92 Å². The molecule has 4 heteroatoms. The Labute approximate surface area is 129 Å². The maximum absolute atomic E-state index is 12.2. The fourth-order valence-corrected chi connectivity index (χ4v) is 4.00.